The van der Waals surface area contributed by atoms with Crippen LogP contribution >= 0.6 is 11.3 Å². The van der Waals surface area contributed by atoms with Crippen molar-refractivity contribution in [1.29, 1.82) is 0 Å². The minimum atomic E-state index is 0.387. The Labute approximate surface area is 111 Å². The predicted molar refractivity (Wildman–Crippen MR) is 72.9 cm³/mol. The molecule has 2 aromatic heterocycles. The summed E-state index contributed by atoms with van der Waals surface area (Å²) in [7, 11) is 0. The number of rotatable bonds is 2. The van der Waals surface area contributed by atoms with E-state index < -0.39 is 0 Å². The number of hydrogen-bond donors (Lipinski definition) is 0. The molecule has 4 nitrogen and oxygen atoms in total. The van der Waals surface area contributed by atoms with E-state index in [1.165, 1.54) is 11.4 Å². The molecule has 0 N–H and O–H groups in total. The van der Waals surface area contributed by atoms with Crippen LogP contribution in [0, 0.1) is 13.8 Å². The van der Waals surface area contributed by atoms with E-state index >= 15 is 0 Å². The van der Waals surface area contributed by atoms with E-state index in [1.807, 2.05) is 13.8 Å². The van der Waals surface area contributed by atoms with Gasteiger partial charge in [-0.2, -0.15) is 0 Å². The zero-order valence-electron chi connectivity index (χ0n) is 10.6. The van der Waals surface area contributed by atoms with Crippen LogP contribution in [0.15, 0.2) is 17.8 Å². The Morgan fingerprint density at radius 1 is 1.28 bits per heavy atom. The average molecular weight is 260 g/mol. The molecule has 1 aliphatic rings. The Kier molecular flexibility index (Phi) is 2.99. The quantitative estimate of drug-likeness (QED) is 0.832. The second kappa shape index (κ2) is 4.65. The minimum Gasteiger partial charge on any atom is -0.347 e. The molecular weight excluding hydrogens is 244 g/mol. The Morgan fingerprint density at radius 3 is 2.89 bits per heavy atom. The Hall–Kier alpha value is -1.49. The zero-order valence-corrected chi connectivity index (χ0v) is 11.4. The monoisotopic (exact) mass is 260 g/mol. The molecule has 18 heavy (non-hydrogen) atoms. The van der Waals surface area contributed by atoms with Gasteiger partial charge < -0.3 is 4.90 Å². The summed E-state index contributed by atoms with van der Waals surface area (Å²) in [5.74, 6) is 1.03. The fourth-order valence-corrected chi connectivity index (χ4v) is 3.36. The van der Waals surface area contributed by atoms with Crippen LogP contribution in [0.5, 0.6) is 0 Å². The van der Waals surface area contributed by atoms with Gasteiger partial charge in [0.25, 0.3) is 0 Å². The van der Waals surface area contributed by atoms with Crippen LogP contribution in [0.4, 0.5) is 5.82 Å². The average Bonchev–Trinajstić information content (AvgIpc) is 2.96. The van der Waals surface area contributed by atoms with Crippen LogP contribution in [0.2, 0.25) is 0 Å². The summed E-state index contributed by atoms with van der Waals surface area (Å²) in [6.45, 7) is 5.11. The third-order valence-corrected chi connectivity index (χ3v) is 4.32. The third kappa shape index (κ3) is 2.10. The predicted octanol–water partition coefficient (Wildman–Crippen LogP) is 2.89. The van der Waals surface area contributed by atoms with E-state index in [-0.39, 0.29) is 0 Å². The first-order valence-corrected chi connectivity index (χ1v) is 7.09. The van der Waals surface area contributed by atoms with Gasteiger partial charge in [-0.25, -0.2) is 15.0 Å². The highest BCUT2D eigenvalue weighted by Crippen LogP contribution is 2.36. The fourth-order valence-electron chi connectivity index (χ4n) is 2.42. The van der Waals surface area contributed by atoms with Gasteiger partial charge >= 0.3 is 0 Å². The largest absolute Gasteiger partial charge is 0.347 e. The van der Waals surface area contributed by atoms with Crippen molar-refractivity contribution in [3.8, 4) is 0 Å². The molecule has 0 aliphatic carbocycles. The minimum absolute atomic E-state index is 0.387. The van der Waals surface area contributed by atoms with Crippen LogP contribution in [-0.4, -0.2) is 21.5 Å². The van der Waals surface area contributed by atoms with Crippen molar-refractivity contribution >= 4 is 17.2 Å². The van der Waals surface area contributed by atoms with E-state index in [2.05, 4.69) is 31.3 Å². The number of thiazole rings is 1. The molecule has 1 fully saturated rings. The summed E-state index contributed by atoms with van der Waals surface area (Å²) >= 11 is 1.75. The second-order valence-corrected chi connectivity index (χ2v) is 5.59. The number of hydrogen-bond acceptors (Lipinski definition) is 5. The summed E-state index contributed by atoms with van der Waals surface area (Å²) in [5.41, 5.74) is 2.13. The van der Waals surface area contributed by atoms with Crippen molar-refractivity contribution in [2.75, 3.05) is 11.4 Å². The molecule has 1 atom stereocenters. The Balaban J connectivity index is 1.92. The van der Waals surface area contributed by atoms with Gasteiger partial charge in [0.15, 0.2) is 0 Å². The number of anilines is 1. The van der Waals surface area contributed by atoms with E-state index in [9.17, 15) is 0 Å². The lowest BCUT2D eigenvalue weighted by atomic mass is 10.2. The molecule has 0 saturated carbocycles. The van der Waals surface area contributed by atoms with E-state index in [0.717, 1.165) is 30.2 Å². The maximum Gasteiger partial charge on any atom is 0.132 e. The van der Waals surface area contributed by atoms with E-state index in [0.29, 0.717) is 6.04 Å². The molecule has 0 radical (unpaired) electrons. The summed E-state index contributed by atoms with van der Waals surface area (Å²) < 4.78 is 0. The fraction of sp³-hybridized carbons (Fsp3) is 0.462. The molecule has 1 saturated heterocycles. The van der Waals surface area contributed by atoms with Gasteiger partial charge in [0.05, 0.1) is 6.04 Å². The van der Waals surface area contributed by atoms with Crippen LogP contribution in [0.1, 0.15) is 35.3 Å². The Bertz CT molecular complexity index is 551. The molecule has 0 spiro atoms. The zero-order chi connectivity index (χ0) is 12.5. The van der Waals surface area contributed by atoms with Crippen LogP contribution in [-0.2, 0) is 0 Å². The maximum atomic E-state index is 4.62. The highest BCUT2D eigenvalue weighted by Gasteiger charge is 2.29. The first kappa shape index (κ1) is 11.6. The van der Waals surface area contributed by atoms with Gasteiger partial charge in [-0.1, -0.05) is 0 Å². The van der Waals surface area contributed by atoms with Crippen molar-refractivity contribution in [2.45, 2.75) is 32.7 Å². The van der Waals surface area contributed by atoms with Crippen LogP contribution in [0.3, 0.4) is 0 Å². The van der Waals surface area contributed by atoms with Crippen LogP contribution in [0.25, 0.3) is 0 Å². The lowest BCUT2D eigenvalue weighted by molar-refractivity contribution is 0.702. The molecule has 0 bridgehead atoms. The first-order valence-electron chi connectivity index (χ1n) is 6.21. The van der Waals surface area contributed by atoms with Crippen molar-refractivity contribution in [2.24, 2.45) is 0 Å². The van der Waals surface area contributed by atoms with Crippen LogP contribution < -0.4 is 4.90 Å². The molecule has 1 aliphatic heterocycles. The summed E-state index contributed by atoms with van der Waals surface area (Å²) in [5, 5.41) is 3.33. The summed E-state index contributed by atoms with van der Waals surface area (Å²) in [6, 6.07) is 2.44. The van der Waals surface area contributed by atoms with Gasteiger partial charge in [-0.15, -0.1) is 11.3 Å². The molecule has 5 heteroatoms. The smallest absolute Gasteiger partial charge is 0.132 e. The normalized spacial score (nSPS) is 19.4. The number of aryl methyl sites for hydroxylation is 2. The van der Waals surface area contributed by atoms with Gasteiger partial charge in [0, 0.05) is 29.4 Å². The molecule has 0 unspecified atom stereocenters. The molecule has 3 heterocycles. The molecule has 0 aromatic carbocycles. The SMILES string of the molecule is Cc1cc(N2CCC[C@H]2c2nc(C)cs2)ncn1. The van der Waals surface area contributed by atoms with Crippen molar-refractivity contribution in [3.05, 3.63) is 34.2 Å². The molecule has 2 aromatic rings. The van der Waals surface area contributed by atoms with Gasteiger partial charge in [-0.3, -0.25) is 0 Å². The first-order chi connectivity index (χ1) is 8.74. The van der Waals surface area contributed by atoms with Gasteiger partial charge in [0.2, 0.25) is 0 Å². The lowest BCUT2D eigenvalue weighted by Crippen LogP contribution is -2.23. The van der Waals surface area contributed by atoms with Crippen molar-refractivity contribution < 1.29 is 0 Å². The maximum absolute atomic E-state index is 4.62. The summed E-state index contributed by atoms with van der Waals surface area (Å²) in [6.07, 6.45) is 4.01. The molecule has 0 amide bonds. The van der Waals surface area contributed by atoms with Crippen molar-refractivity contribution in [1.82, 2.24) is 15.0 Å². The van der Waals surface area contributed by atoms with Crippen molar-refractivity contribution in [3.63, 3.8) is 0 Å². The highest BCUT2D eigenvalue weighted by molar-refractivity contribution is 7.09. The van der Waals surface area contributed by atoms with E-state index in [4.69, 9.17) is 0 Å². The number of nitrogens with zero attached hydrogens (tertiary/aromatic N) is 4. The Morgan fingerprint density at radius 2 is 2.17 bits per heavy atom. The molecule has 3 rings (SSSR count). The van der Waals surface area contributed by atoms with Gasteiger partial charge in [-0.05, 0) is 26.7 Å². The van der Waals surface area contributed by atoms with Gasteiger partial charge in [0.1, 0.15) is 17.2 Å². The third-order valence-electron chi connectivity index (χ3n) is 3.26. The molecular formula is C13H16N4S. The lowest BCUT2D eigenvalue weighted by Gasteiger charge is -2.24. The molecule has 94 valence electrons. The standard InChI is InChI=1S/C13H16N4S/c1-9-6-12(15-8-14-9)17-5-3-4-11(17)13-16-10(2)7-18-13/h6-8,11H,3-5H2,1-2H3/t11-/m0/s1. The number of aromatic nitrogens is 3. The second-order valence-electron chi connectivity index (χ2n) is 4.70. The summed E-state index contributed by atoms with van der Waals surface area (Å²) in [4.78, 5) is 15.5. The topological polar surface area (TPSA) is 41.9 Å². The van der Waals surface area contributed by atoms with E-state index in [1.54, 1.807) is 17.7 Å². The highest BCUT2D eigenvalue weighted by atomic mass is 32.1.